The Morgan fingerprint density at radius 3 is 3.00 bits per heavy atom. The Hall–Kier alpha value is -0.900. The van der Waals surface area contributed by atoms with E-state index in [2.05, 4.69) is 24.0 Å². The van der Waals surface area contributed by atoms with E-state index in [9.17, 15) is 0 Å². The fraction of sp³-hybridized carbons (Fsp3) is 0.714. The molecule has 0 fully saturated rings. The lowest BCUT2D eigenvalue weighted by molar-refractivity contribution is 0.260. The van der Waals surface area contributed by atoms with Gasteiger partial charge in [0.1, 0.15) is 12.9 Å². The number of hydrogen-bond donors (Lipinski definition) is 1. The molecule has 1 unspecified atom stereocenters. The van der Waals surface area contributed by atoms with Gasteiger partial charge in [0.15, 0.2) is 5.82 Å². The fourth-order valence-corrected chi connectivity index (χ4v) is 0.945. The summed E-state index contributed by atoms with van der Waals surface area (Å²) in [5, 5.41) is 16.3. The van der Waals surface area contributed by atoms with Gasteiger partial charge in [-0.15, -0.1) is 10.2 Å². The molecule has 0 saturated carbocycles. The largest absolute Gasteiger partial charge is 0.388 e. The van der Waals surface area contributed by atoms with Crippen LogP contribution in [0.15, 0.2) is 6.33 Å². The van der Waals surface area contributed by atoms with Crippen molar-refractivity contribution in [1.29, 1.82) is 0 Å². The first-order chi connectivity index (χ1) is 5.29. The van der Waals surface area contributed by atoms with Crippen LogP contribution in [-0.4, -0.2) is 19.9 Å². The summed E-state index contributed by atoms with van der Waals surface area (Å²) in [6, 6.07) is 0.368. The molecule has 1 N–H and O–H groups in total. The third-order valence-electron chi connectivity index (χ3n) is 1.85. The van der Waals surface area contributed by atoms with Crippen LogP contribution in [0.2, 0.25) is 0 Å². The molecule has 0 spiro atoms. The van der Waals surface area contributed by atoms with E-state index in [0.29, 0.717) is 11.9 Å². The van der Waals surface area contributed by atoms with Crippen LogP contribution in [0.3, 0.4) is 0 Å². The van der Waals surface area contributed by atoms with Gasteiger partial charge in [-0.1, -0.05) is 6.92 Å². The average Bonchev–Trinajstić information content (AvgIpc) is 2.50. The van der Waals surface area contributed by atoms with Gasteiger partial charge in [0.05, 0.1) is 0 Å². The zero-order valence-electron chi connectivity index (χ0n) is 6.86. The van der Waals surface area contributed by atoms with Gasteiger partial charge in [-0.3, -0.25) is 0 Å². The van der Waals surface area contributed by atoms with E-state index in [4.69, 9.17) is 5.11 Å². The summed E-state index contributed by atoms with van der Waals surface area (Å²) < 4.78 is 1.89. The summed E-state index contributed by atoms with van der Waals surface area (Å²) in [6.07, 6.45) is 2.67. The first kappa shape index (κ1) is 8.20. The van der Waals surface area contributed by atoms with Crippen molar-refractivity contribution in [3.05, 3.63) is 12.2 Å². The van der Waals surface area contributed by atoms with Crippen molar-refractivity contribution in [2.75, 3.05) is 0 Å². The molecule has 4 heteroatoms. The highest BCUT2D eigenvalue weighted by Crippen LogP contribution is 2.10. The van der Waals surface area contributed by atoms with Crippen LogP contribution >= 0.6 is 0 Å². The second-order valence-electron chi connectivity index (χ2n) is 2.57. The summed E-state index contributed by atoms with van der Waals surface area (Å²) >= 11 is 0. The number of hydrogen-bond acceptors (Lipinski definition) is 3. The first-order valence-corrected chi connectivity index (χ1v) is 3.78. The van der Waals surface area contributed by atoms with E-state index < -0.39 is 0 Å². The highest BCUT2D eigenvalue weighted by Gasteiger charge is 2.06. The molecule has 0 amide bonds. The third kappa shape index (κ3) is 1.57. The predicted molar refractivity (Wildman–Crippen MR) is 40.9 cm³/mol. The van der Waals surface area contributed by atoms with Crippen molar-refractivity contribution in [2.24, 2.45) is 0 Å². The summed E-state index contributed by atoms with van der Waals surface area (Å²) in [7, 11) is 0. The van der Waals surface area contributed by atoms with Crippen molar-refractivity contribution < 1.29 is 5.11 Å². The van der Waals surface area contributed by atoms with E-state index in [1.807, 2.05) is 4.57 Å². The van der Waals surface area contributed by atoms with Crippen molar-refractivity contribution >= 4 is 0 Å². The van der Waals surface area contributed by atoms with Gasteiger partial charge in [-0.2, -0.15) is 0 Å². The molecule has 0 radical (unpaired) electrons. The second kappa shape index (κ2) is 3.48. The molecule has 11 heavy (non-hydrogen) atoms. The van der Waals surface area contributed by atoms with Crippen molar-refractivity contribution in [1.82, 2.24) is 14.8 Å². The van der Waals surface area contributed by atoms with E-state index >= 15 is 0 Å². The summed E-state index contributed by atoms with van der Waals surface area (Å²) in [6.45, 7) is 4.12. The van der Waals surface area contributed by atoms with Crippen molar-refractivity contribution in [3.63, 3.8) is 0 Å². The zero-order valence-corrected chi connectivity index (χ0v) is 6.86. The van der Waals surface area contributed by atoms with E-state index in [0.717, 1.165) is 6.42 Å². The van der Waals surface area contributed by atoms with Gasteiger partial charge < -0.3 is 9.67 Å². The van der Waals surface area contributed by atoms with Crippen LogP contribution in [0.4, 0.5) is 0 Å². The molecule has 0 aliphatic rings. The third-order valence-corrected chi connectivity index (χ3v) is 1.85. The van der Waals surface area contributed by atoms with E-state index in [1.165, 1.54) is 0 Å². The minimum atomic E-state index is -0.0374. The van der Waals surface area contributed by atoms with Crippen LogP contribution in [-0.2, 0) is 6.61 Å². The lowest BCUT2D eigenvalue weighted by Crippen LogP contribution is -2.07. The molecule has 0 aliphatic carbocycles. The monoisotopic (exact) mass is 155 g/mol. The molecule has 1 rings (SSSR count). The Kier molecular flexibility index (Phi) is 2.59. The number of nitrogens with zero attached hydrogens (tertiary/aromatic N) is 3. The number of aromatic nitrogens is 3. The molecule has 0 aliphatic heterocycles. The van der Waals surface area contributed by atoms with Gasteiger partial charge in [0, 0.05) is 6.04 Å². The Morgan fingerprint density at radius 1 is 1.73 bits per heavy atom. The summed E-state index contributed by atoms with van der Waals surface area (Å²) in [5.74, 6) is 0.638. The smallest absolute Gasteiger partial charge is 0.158 e. The lowest BCUT2D eigenvalue weighted by atomic mass is 10.2. The molecule has 62 valence electrons. The molecule has 0 aromatic carbocycles. The molecule has 0 saturated heterocycles. The van der Waals surface area contributed by atoms with Gasteiger partial charge in [-0.05, 0) is 13.3 Å². The van der Waals surface area contributed by atoms with Crippen LogP contribution in [0.25, 0.3) is 0 Å². The summed E-state index contributed by atoms with van der Waals surface area (Å²) in [5.41, 5.74) is 0. The topological polar surface area (TPSA) is 50.9 Å². The molecule has 4 nitrogen and oxygen atoms in total. The fourth-order valence-electron chi connectivity index (χ4n) is 0.945. The van der Waals surface area contributed by atoms with E-state index in [1.54, 1.807) is 6.33 Å². The molecular weight excluding hydrogens is 142 g/mol. The highest BCUT2D eigenvalue weighted by molar-refractivity contribution is 4.85. The Balaban J connectivity index is 2.83. The lowest BCUT2D eigenvalue weighted by Gasteiger charge is -2.10. The van der Waals surface area contributed by atoms with Crippen LogP contribution in [0, 0.1) is 0 Å². The molecule has 1 heterocycles. The van der Waals surface area contributed by atoms with Gasteiger partial charge >= 0.3 is 0 Å². The molecule has 1 aromatic heterocycles. The van der Waals surface area contributed by atoms with Crippen molar-refractivity contribution in [3.8, 4) is 0 Å². The standard InChI is InChI=1S/C7H13N3O/c1-3-6(2)10-5-8-9-7(10)4-11/h5-6,11H,3-4H2,1-2H3. The quantitative estimate of drug-likeness (QED) is 0.700. The number of aliphatic hydroxyl groups excluding tert-OH is 1. The maximum atomic E-state index is 8.83. The highest BCUT2D eigenvalue weighted by atomic mass is 16.3. The maximum Gasteiger partial charge on any atom is 0.158 e. The normalized spacial score (nSPS) is 13.4. The number of aliphatic hydroxyl groups is 1. The number of rotatable bonds is 3. The van der Waals surface area contributed by atoms with Gasteiger partial charge in [0.2, 0.25) is 0 Å². The predicted octanol–water partition coefficient (Wildman–Crippen LogP) is 0.741. The van der Waals surface area contributed by atoms with Crippen LogP contribution < -0.4 is 0 Å². The Morgan fingerprint density at radius 2 is 2.45 bits per heavy atom. The SMILES string of the molecule is CCC(C)n1cnnc1CO. The minimum Gasteiger partial charge on any atom is -0.388 e. The van der Waals surface area contributed by atoms with Crippen LogP contribution in [0.1, 0.15) is 32.1 Å². The zero-order chi connectivity index (χ0) is 8.27. The maximum absolute atomic E-state index is 8.83. The van der Waals surface area contributed by atoms with Gasteiger partial charge in [0.25, 0.3) is 0 Å². The second-order valence-corrected chi connectivity index (χ2v) is 2.57. The molecule has 1 atom stereocenters. The Bertz CT molecular complexity index is 221. The molecule has 1 aromatic rings. The summed E-state index contributed by atoms with van der Waals surface area (Å²) in [4.78, 5) is 0. The Labute approximate surface area is 65.9 Å². The van der Waals surface area contributed by atoms with Crippen molar-refractivity contribution in [2.45, 2.75) is 32.9 Å². The van der Waals surface area contributed by atoms with E-state index in [-0.39, 0.29) is 6.61 Å². The molecular formula is C7H13N3O. The molecule has 0 bridgehead atoms. The van der Waals surface area contributed by atoms with Gasteiger partial charge in [-0.25, -0.2) is 0 Å². The van der Waals surface area contributed by atoms with Crippen LogP contribution in [0.5, 0.6) is 0 Å². The minimum absolute atomic E-state index is 0.0374. The average molecular weight is 155 g/mol. The first-order valence-electron chi connectivity index (χ1n) is 3.78.